The van der Waals surface area contributed by atoms with Crippen molar-refractivity contribution >= 4 is 11.7 Å². The number of nitrogens with zero attached hydrogens (tertiary/aromatic N) is 5. The van der Waals surface area contributed by atoms with E-state index in [0.717, 1.165) is 17.5 Å². The average molecular weight is 496 g/mol. The Morgan fingerprint density at radius 3 is 2.61 bits per heavy atom. The first-order valence-corrected chi connectivity index (χ1v) is 12.0. The number of hydrogen-bond acceptors (Lipinski definition) is 7. The van der Waals surface area contributed by atoms with Gasteiger partial charge in [0.2, 0.25) is 5.91 Å². The molecule has 8 nitrogen and oxygen atoms in total. The number of ether oxygens (including phenoxy) is 1. The van der Waals surface area contributed by atoms with Gasteiger partial charge in [-0.25, -0.2) is 23.7 Å². The molecule has 188 valence electrons. The van der Waals surface area contributed by atoms with Gasteiger partial charge in [0.05, 0.1) is 35.9 Å². The van der Waals surface area contributed by atoms with Gasteiger partial charge in [0.1, 0.15) is 17.6 Å². The predicted molar refractivity (Wildman–Crippen MR) is 128 cm³/mol. The van der Waals surface area contributed by atoms with Crippen molar-refractivity contribution in [3.63, 3.8) is 0 Å². The lowest BCUT2D eigenvalue weighted by Gasteiger charge is -2.35. The van der Waals surface area contributed by atoms with Crippen LogP contribution in [0.25, 0.3) is 11.4 Å². The molecule has 36 heavy (non-hydrogen) atoms. The van der Waals surface area contributed by atoms with Gasteiger partial charge in [0, 0.05) is 51.9 Å². The number of aliphatic hydroxyl groups excluding tert-OH is 1. The summed E-state index contributed by atoms with van der Waals surface area (Å²) in [6.07, 6.45) is 1.65. The number of aromatic nitrogens is 3. The van der Waals surface area contributed by atoms with Crippen molar-refractivity contribution < 1.29 is 23.4 Å². The molecule has 0 unspecified atom stereocenters. The molecule has 0 bridgehead atoms. The Morgan fingerprint density at radius 2 is 1.89 bits per heavy atom. The number of aliphatic hydroxyl groups is 1. The van der Waals surface area contributed by atoms with Gasteiger partial charge < -0.3 is 19.6 Å². The number of rotatable bonds is 5. The van der Waals surface area contributed by atoms with E-state index in [1.54, 1.807) is 17.9 Å². The molecule has 1 fully saturated rings. The van der Waals surface area contributed by atoms with Crippen LogP contribution in [-0.2, 0) is 24.4 Å². The Labute approximate surface area is 207 Å². The third-order valence-electron chi connectivity index (χ3n) is 6.58. The van der Waals surface area contributed by atoms with Gasteiger partial charge in [-0.1, -0.05) is 6.07 Å². The highest BCUT2D eigenvalue weighted by Gasteiger charge is 2.29. The van der Waals surface area contributed by atoms with Crippen LogP contribution in [-0.4, -0.2) is 56.6 Å². The number of halogens is 2. The van der Waals surface area contributed by atoms with Crippen molar-refractivity contribution in [1.82, 2.24) is 19.9 Å². The first kappa shape index (κ1) is 24.1. The van der Waals surface area contributed by atoms with E-state index in [4.69, 9.17) is 14.7 Å². The highest BCUT2D eigenvalue weighted by molar-refractivity contribution is 5.74. The quantitative estimate of drug-likeness (QED) is 0.581. The molecular formula is C26H27F2N5O3. The van der Waals surface area contributed by atoms with E-state index < -0.39 is 11.6 Å². The van der Waals surface area contributed by atoms with Crippen LogP contribution in [0.3, 0.4) is 0 Å². The molecule has 0 aliphatic carbocycles. The van der Waals surface area contributed by atoms with Gasteiger partial charge in [-0.2, -0.15) is 0 Å². The number of benzene rings is 1. The van der Waals surface area contributed by atoms with Crippen LogP contribution in [0.2, 0.25) is 0 Å². The minimum Gasteiger partial charge on any atom is -0.487 e. The highest BCUT2D eigenvalue weighted by Crippen LogP contribution is 2.32. The average Bonchev–Trinajstić information content (AvgIpc) is 2.89. The summed E-state index contributed by atoms with van der Waals surface area (Å²) < 4.78 is 33.1. The number of amides is 1. The Kier molecular flexibility index (Phi) is 6.77. The number of pyridine rings is 1. The van der Waals surface area contributed by atoms with Crippen LogP contribution >= 0.6 is 0 Å². The predicted octanol–water partition coefficient (Wildman–Crippen LogP) is 3.26. The molecule has 2 aliphatic heterocycles. The third-order valence-corrected chi connectivity index (χ3v) is 6.58. The first-order valence-electron chi connectivity index (χ1n) is 12.0. The van der Waals surface area contributed by atoms with Crippen LogP contribution in [0.15, 0.2) is 36.4 Å². The molecule has 0 spiro atoms. The molecule has 1 amide bonds. The van der Waals surface area contributed by atoms with Crippen molar-refractivity contribution in [3.8, 4) is 17.1 Å². The molecule has 1 aromatic carbocycles. The van der Waals surface area contributed by atoms with Gasteiger partial charge in [-0.15, -0.1) is 0 Å². The van der Waals surface area contributed by atoms with Gasteiger partial charge in [0.15, 0.2) is 17.4 Å². The summed E-state index contributed by atoms with van der Waals surface area (Å²) in [5.41, 5.74) is 3.32. The molecule has 2 aliphatic rings. The normalized spacial score (nSPS) is 16.1. The zero-order valence-corrected chi connectivity index (χ0v) is 20.0. The minimum absolute atomic E-state index is 0.00635. The first-order chi connectivity index (χ1) is 17.4. The van der Waals surface area contributed by atoms with Gasteiger partial charge in [0.25, 0.3) is 0 Å². The molecule has 3 aromatic rings. The number of carbonyl (C=O) groups is 1. The van der Waals surface area contributed by atoms with E-state index in [9.17, 15) is 18.7 Å². The Hall–Kier alpha value is -3.66. The second-order valence-electron chi connectivity index (χ2n) is 9.03. The highest BCUT2D eigenvalue weighted by atomic mass is 19.1. The Morgan fingerprint density at radius 1 is 1.08 bits per heavy atom. The maximum absolute atomic E-state index is 14.0. The molecule has 1 saturated heterocycles. The summed E-state index contributed by atoms with van der Waals surface area (Å²) in [5.74, 6) is -0.621. The number of anilines is 1. The largest absolute Gasteiger partial charge is 0.487 e. The van der Waals surface area contributed by atoms with E-state index in [0.29, 0.717) is 68.3 Å². The molecule has 10 heteroatoms. The van der Waals surface area contributed by atoms with E-state index in [2.05, 4.69) is 9.88 Å². The summed E-state index contributed by atoms with van der Waals surface area (Å²) in [4.78, 5) is 30.2. The van der Waals surface area contributed by atoms with Gasteiger partial charge in [-0.3, -0.25) is 4.79 Å². The van der Waals surface area contributed by atoms with E-state index in [-0.39, 0.29) is 24.4 Å². The van der Waals surface area contributed by atoms with Gasteiger partial charge >= 0.3 is 0 Å². The third kappa shape index (κ3) is 4.99. The fraction of sp³-hybridized carbons (Fsp3) is 0.385. The zero-order chi connectivity index (χ0) is 25.2. The minimum atomic E-state index is -0.713. The maximum Gasteiger partial charge on any atom is 0.219 e. The standard InChI is InChI=1S/C26H27F2N5O3/c1-16(35)33-12-9-21-23(14-33)30-25(22-4-2-3-18(15-34)29-22)26(31-21)32-10-7-19(8-11-32)36-24-6-5-17(27)13-20(24)28/h2-6,13,19,34H,7-12,14-15H2,1H3. The van der Waals surface area contributed by atoms with Crippen molar-refractivity contribution in [1.29, 1.82) is 0 Å². The molecule has 1 N–H and O–H groups in total. The van der Waals surface area contributed by atoms with Crippen molar-refractivity contribution in [2.24, 2.45) is 0 Å². The van der Waals surface area contributed by atoms with E-state index >= 15 is 0 Å². The fourth-order valence-corrected chi connectivity index (χ4v) is 4.62. The maximum atomic E-state index is 14.0. The summed E-state index contributed by atoms with van der Waals surface area (Å²) >= 11 is 0. The summed E-state index contributed by atoms with van der Waals surface area (Å²) in [6.45, 7) is 3.55. The monoisotopic (exact) mass is 495 g/mol. The number of piperidine rings is 1. The summed E-state index contributed by atoms with van der Waals surface area (Å²) in [7, 11) is 0. The SMILES string of the molecule is CC(=O)N1CCc2nc(N3CCC(Oc4ccc(F)cc4F)CC3)c(-c3cccc(CO)n3)nc2C1. The van der Waals surface area contributed by atoms with Crippen LogP contribution in [0.1, 0.15) is 36.8 Å². The van der Waals surface area contributed by atoms with Gasteiger partial charge in [-0.05, 0) is 24.3 Å². The molecule has 0 saturated carbocycles. The van der Waals surface area contributed by atoms with Crippen LogP contribution in [0, 0.1) is 11.6 Å². The molecule has 0 atom stereocenters. The molecule has 4 heterocycles. The van der Waals surface area contributed by atoms with Crippen molar-refractivity contribution in [3.05, 3.63) is 65.1 Å². The molecule has 5 rings (SSSR count). The van der Waals surface area contributed by atoms with Crippen molar-refractivity contribution in [2.45, 2.75) is 45.4 Å². The topological polar surface area (TPSA) is 91.7 Å². The second-order valence-corrected chi connectivity index (χ2v) is 9.03. The van der Waals surface area contributed by atoms with Crippen LogP contribution < -0.4 is 9.64 Å². The Balaban J connectivity index is 1.41. The summed E-state index contributed by atoms with van der Waals surface area (Å²) in [5, 5.41) is 9.59. The number of carbonyl (C=O) groups excluding carboxylic acids is 1. The van der Waals surface area contributed by atoms with Crippen LogP contribution in [0.5, 0.6) is 5.75 Å². The Bertz CT molecular complexity index is 1280. The van der Waals surface area contributed by atoms with E-state index in [1.165, 1.54) is 12.1 Å². The molecule has 2 aromatic heterocycles. The number of hydrogen-bond donors (Lipinski definition) is 1. The summed E-state index contributed by atoms with van der Waals surface area (Å²) in [6, 6.07) is 8.71. The lowest BCUT2D eigenvalue weighted by molar-refractivity contribution is -0.129. The lowest BCUT2D eigenvalue weighted by atomic mass is 10.1. The second kappa shape index (κ2) is 10.1. The van der Waals surface area contributed by atoms with E-state index in [1.807, 2.05) is 12.1 Å². The fourth-order valence-electron chi connectivity index (χ4n) is 4.62. The molecular weight excluding hydrogens is 468 g/mol. The van der Waals surface area contributed by atoms with Crippen LogP contribution in [0.4, 0.5) is 14.6 Å². The smallest absolute Gasteiger partial charge is 0.219 e. The van der Waals surface area contributed by atoms with Crippen molar-refractivity contribution in [2.75, 3.05) is 24.5 Å². The number of fused-ring (bicyclic) bond motifs is 1. The molecule has 0 radical (unpaired) electrons. The zero-order valence-electron chi connectivity index (χ0n) is 20.0. The lowest BCUT2D eigenvalue weighted by Crippen LogP contribution is -2.40.